The van der Waals surface area contributed by atoms with Crippen LogP contribution in [0, 0.1) is 0 Å². The highest BCUT2D eigenvalue weighted by Crippen LogP contribution is 2.34. The summed E-state index contributed by atoms with van der Waals surface area (Å²) in [7, 11) is 0. The van der Waals surface area contributed by atoms with E-state index in [1.54, 1.807) is 0 Å². The number of para-hydroxylation sites is 3. The predicted molar refractivity (Wildman–Crippen MR) is 128 cm³/mol. The van der Waals surface area contributed by atoms with E-state index in [9.17, 15) is 4.79 Å². The third-order valence-electron chi connectivity index (χ3n) is 5.72. The maximum atomic E-state index is 12.8. The van der Waals surface area contributed by atoms with Gasteiger partial charge >= 0.3 is 0 Å². The molecule has 1 aliphatic rings. The van der Waals surface area contributed by atoms with Gasteiger partial charge in [0, 0.05) is 5.39 Å². The van der Waals surface area contributed by atoms with Gasteiger partial charge in [0.05, 0.1) is 28.3 Å². The number of carbonyl (C=O) groups excluding carboxylic acids is 1. The van der Waals surface area contributed by atoms with Gasteiger partial charge in [0.15, 0.2) is 16.7 Å². The smallest absolute Gasteiger partial charge is 0.231 e. The van der Waals surface area contributed by atoms with E-state index in [1.165, 1.54) is 11.8 Å². The third kappa shape index (κ3) is 3.52. The van der Waals surface area contributed by atoms with Crippen molar-refractivity contribution in [3.63, 3.8) is 0 Å². The molecule has 8 heteroatoms. The first-order valence-electron chi connectivity index (χ1n) is 10.6. The Morgan fingerprint density at radius 3 is 2.73 bits per heavy atom. The Morgan fingerprint density at radius 2 is 1.82 bits per heavy atom. The van der Waals surface area contributed by atoms with Gasteiger partial charge in [0.1, 0.15) is 5.65 Å². The van der Waals surface area contributed by atoms with E-state index in [-0.39, 0.29) is 24.5 Å². The quantitative estimate of drug-likeness (QED) is 0.304. The molecule has 0 radical (unpaired) electrons. The van der Waals surface area contributed by atoms with Gasteiger partial charge in [-0.15, -0.1) is 0 Å². The fourth-order valence-corrected chi connectivity index (χ4v) is 4.91. The van der Waals surface area contributed by atoms with Crippen molar-refractivity contribution in [2.24, 2.45) is 0 Å². The molecule has 0 fully saturated rings. The van der Waals surface area contributed by atoms with Gasteiger partial charge in [-0.25, -0.2) is 9.97 Å². The molecule has 3 aromatic carbocycles. The van der Waals surface area contributed by atoms with Gasteiger partial charge in [-0.3, -0.25) is 9.20 Å². The molecule has 5 aromatic rings. The van der Waals surface area contributed by atoms with E-state index in [2.05, 4.69) is 5.32 Å². The third-order valence-corrected chi connectivity index (χ3v) is 6.66. The van der Waals surface area contributed by atoms with Gasteiger partial charge in [0.2, 0.25) is 12.7 Å². The first-order valence-corrected chi connectivity index (χ1v) is 11.6. The van der Waals surface area contributed by atoms with E-state index in [1.807, 2.05) is 78.1 Å². The van der Waals surface area contributed by atoms with Crippen LogP contribution in [-0.2, 0) is 4.79 Å². The van der Waals surface area contributed by atoms with Crippen LogP contribution in [0.25, 0.3) is 27.6 Å². The molecular weight excluding hydrogens is 436 g/mol. The minimum atomic E-state index is -0.161. The lowest BCUT2D eigenvalue weighted by Gasteiger charge is -2.15. The van der Waals surface area contributed by atoms with E-state index >= 15 is 0 Å². The van der Waals surface area contributed by atoms with Crippen molar-refractivity contribution in [3.8, 4) is 11.5 Å². The highest BCUT2D eigenvalue weighted by Gasteiger charge is 2.18. The number of hydrogen-bond donors (Lipinski definition) is 1. The number of rotatable bonds is 5. The zero-order chi connectivity index (χ0) is 22.4. The van der Waals surface area contributed by atoms with Crippen molar-refractivity contribution >= 4 is 45.3 Å². The maximum absolute atomic E-state index is 12.8. The fourth-order valence-electron chi connectivity index (χ4n) is 4.09. The molecule has 0 saturated heterocycles. The molecule has 6 rings (SSSR count). The van der Waals surface area contributed by atoms with Crippen molar-refractivity contribution in [2.45, 2.75) is 18.1 Å². The topological polar surface area (TPSA) is 77.8 Å². The number of carbonyl (C=O) groups is 1. The summed E-state index contributed by atoms with van der Waals surface area (Å²) in [6.45, 7) is 2.18. The van der Waals surface area contributed by atoms with Crippen molar-refractivity contribution in [3.05, 3.63) is 72.3 Å². The Hall–Kier alpha value is -3.78. The lowest BCUT2D eigenvalue weighted by Crippen LogP contribution is -2.28. The van der Waals surface area contributed by atoms with Gasteiger partial charge < -0.3 is 14.8 Å². The van der Waals surface area contributed by atoms with Gasteiger partial charge in [0.25, 0.3) is 0 Å². The number of hydrogen-bond acceptors (Lipinski definition) is 6. The minimum absolute atomic E-state index is 0.0716. The van der Waals surface area contributed by atoms with E-state index < -0.39 is 0 Å². The SMILES string of the molecule is CC(NC(=O)CSc1nc2ccccc2c2nc3ccccc3n12)c1ccc2c(c1)OCO2. The summed E-state index contributed by atoms with van der Waals surface area (Å²) >= 11 is 1.40. The molecule has 1 atom stereocenters. The molecule has 1 amide bonds. The van der Waals surface area contributed by atoms with Crippen LogP contribution in [0.5, 0.6) is 11.5 Å². The maximum Gasteiger partial charge on any atom is 0.231 e. The molecule has 0 aliphatic carbocycles. The van der Waals surface area contributed by atoms with Crippen LogP contribution in [0.4, 0.5) is 0 Å². The Labute approximate surface area is 193 Å². The molecule has 7 nitrogen and oxygen atoms in total. The largest absolute Gasteiger partial charge is 0.454 e. The average molecular weight is 457 g/mol. The van der Waals surface area contributed by atoms with Crippen LogP contribution in [0.2, 0.25) is 0 Å². The number of ether oxygens (including phenoxy) is 2. The second kappa shape index (κ2) is 7.97. The minimum Gasteiger partial charge on any atom is -0.454 e. The lowest BCUT2D eigenvalue weighted by atomic mass is 10.1. The number of aromatic nitrogens is 3. The summed E-state index contributed by atoms with van der Waals surface area (Å²) in [5.41, 5.74) is 4.54. The number of nitrogens with zero attached hydrogens (tertiary/aromatic N) is 3. The molecule has 0 spiro atoms. The van der Waals surface area contributed by atoms with Crippen LogP contribution in [0.15, 0.2) is 71.9 Å². The van der Waals surface area contributed by atoms with E-state index in [0.717, 1.165) is 44.1 Å². The normalized spacial score (nSPS) is 13.6. The van der Waals surface area contributed by atoms with Crippen LogP contribution in [-0.4, -0.2) is 32.8 Å². The second-order valence-corrected chi connectivity index (χ2v) is 8.80. The number of imidazole rings is 1. The van der Waals surface area contributed by atoms with E-state index in [4.69, 9.17) is 19.4 Å². The summed E-state index contributed by atoms with van der Waals surface area (Å²) in [5, 5.41) is 4.79. The zero-order valence-electron chi connectivity index (χ0n) is 17.8. The van der Waals surface area contributed by atoms with Crippen LogP contribution in [0.1, 0.15) is 18.5 Å². The van der Waals surface area contributed by atoms with Gasteiger partial charge in [-0.05, 0) is 48.9 Å². The van der Waals surface area contributed by atoms with Crippen molar-refractivity contribution in [1.29, 1.82) is 0 Å². The molecule has 2 aromatic heterocycles. The predicted octanol–water partition coefficient (Wildman–Crippen LogP) is 4.73. The van der Waals surface area contributed by atoms with Crippen molar-refractivity contribution in [2.75, 3.05) is 12.5 Å². The number of amides is 1. The Bertz CT molecular complexity index is 1530. The molecule has 33 heavy (non-hydrogen) atoms. The van der Waals surface area contributed by atoms with Crippen LogP contribution >= 0.6 is 11.8 Å². The van der Waals surface area contributed by atoms with Crippen molar-refractivity contribution < 1.29 is 14.3 Å². The molecule has 1 N–H and O–H groups in total. The number of fused-ring (bicyclic) bond motifs is 6. The molecule has 0 bridgehead atoms. The number of thioether (sulfide) groups is 1. The van der Waals surface area contributed by atoms with Crippen LogP contribution < -0.4 is 14.8 Å². The Morgan fingerprint density at radius 1 is 1.03 bits per heavy atom. The summed E-state index contributed by atoms with van der Waals surface area (Å²) in [5.74, 6) is 1.60. The average Bonchev–Trinajstić information content (AvgIpc) is 3.47. The van der Waals surface area contributed by atoms with Gasteiger partial charge in [-0.2, -0.15) is 0 Å². The van der Waals surface area contributed by atoms with Gasteiger partial charge in [-0.1, -0.05) is 42.1 Å². The summed E-state index contributed by atoms with van der Waals surface area (Å²) in [6.07, 6.45) is 0. The first-order chi connectivity index (χ1) is 16.2. The zero-order valence-corrected chi connectivity index (χ0v) is 18.6. The molecule has 1 aliphatic heterocycles. The summed E-state index contributed by atoms with van der Waals surface area (Å²) in [6, 6.07) is 21.5. The molecule has 0 saturated carbocycles. The highest BCUT2D eigenvalue weighted by atomic mass is 32.2. The first kappa shape index (κ1) is 19.9. The lowest BCUT2D eigenvalue weighted by molar-refractivity contribution is -0.119. The summed E-state index contributed by atoms with van der Waals surface area (Å²) in [4.78, 5) is 22.5. The molecule has 1 unspecified atom stereocenters. The van der Waals surface area contributed by atoms with Crippen molar-refractivity contribution in [1.82, 2.24) is 19.7 Å². The number of benzene rings is 3. The molecular formula is C25H20N4O3S. The second-order valence-electron chi connectivity index (χ2n) is 7.86. The monoisotopic (exact) mass is 456 g/mol. The standard InChI is InChI=1S/C25H20N4O3S/c1-15(16-10-11-21-22(12-16)32-14-31-21)26-23(30)13-33-25-28-18-7-3-2-6-17(18)24-27-19-8-4-5-9-20(19)29(24)25/h2-12,15H,13-14H2,1H3,(H,26,30). The van der Waals surface area contributed by atoms with E-state index in [0.29, 0.717) is 5.75 Å². The summed E-state index contributed by atoms with van der Waals surface area (Å²) < 4.78 is 12.8. The number of nitrogens with one attached hydrogen (secondary N) is 1. The molecule has 164 valence electrons. The fraction of sp³-hybridized carbons (Fsp3) is 0.160. The Kier molecular flexibility index (Phi) is 4.80. The molecule has 3 heterocycles. The Balaban J connectivity index is 1.27. The van der Waals surface area contributed by atoms with Crippen LogP contribution in [0.3, 0.4) is 0 Å². The highest BCUT2D eigenvalue weighted by molar-refractivity contribution is 7.99.